The van der Waals surface area contributed by atoms with Crippen LogP contribution in [0.1, 0.15) is 18.6 Å². The summed E-state index contributed by atoms with van der Waals surface area (Å²) in [6.07, 6.45) is 5.13. The van der Waals surface area contributed by atoms with E-state index in [2.05, 4.69) is 36.4 Å². The molecule has 2 unspecified atom stereocenters. The van der Waals surface area contributed by atoms with Crippen LogP contribution in [0.2, 0.25) is 0 Å². The van der Waals surface area contributed by atoms with Gasteiger partial charge in [-0.3, -0.25) is 0 Å². The Hall–Kier alpha value is -1.34. The molecule has 1 saturated heterocycles. The van der Waals surface area contributed by atoms with Gasteiger partial charge in [0.25, 0.3) is 0 Å². The molecule has 4 rings (SSSR count). The first-order chi connectivity index (χ1) is 6.45. The highest BCUT2D eigenvalue weighted by Crippen LogP contribution is 2.52. The lowest BCUT2D eigenvalue weighted by atomic mass is 9.76. The summed E-state index contributed by atoms with van der Waals surface area (Å²) in [6.45, 7) is 0. The van der Waals surface area contributed by atoms with Gasteiger partial charge in [-0.15, -0.1) is 0 Å². The molecule has 1 fully saturated rings. The summed E-state index contributed by atoms with van der Waals surface area (Å²) in [6, 6.07) is 8.56. The van der Waals surface area contributed by atoms with E-state index in [1.807, 2.05) is 0 Å². The van der Waals surface area contributed by atoms with Gasteiger partial charge in [-0.2, -0.15) is 0 Å². The molecule has 0 amide bonds. The molecule has 0 bridgehead atoms. The summed E-state index contributed by atoms with van der Waals surface area (Å²) < 4.78 is 5.52. The van der Waals surface area contributed by atoms with Crippen LogP contribution in [0.4, 0.5) is 0 Å². The van der Waals surface area contributed by atoms with E-state index < -0.39 is 0 Å². The lowest BCUT2D eigenvalue weighted by Gasteiger charge is -2.26. The molecule has 14 heavy (non-hydrogen) atoms. The number of hydrogen-bond acceptors (Lipinski definition) is 1. The van der Waals surface area contributed by atoms with Gasteiger partial charge >= 0.3 is 0 Å². The van der Waals surface area contributed by atoms with Crippen LogP contribution >= 0.6 is 0 Å². The third kappa shape index (κ3) is 0.740. The third-order valence-corrected chi connectivity index (χ3v) is 3.06. The van der Waals surface area contributed by atoms with Gasteiger partial charge in [0.15, 0.2) is 0 Å². The first-order valence-corrected chi connectivity index (χ1v) is 4.63. The second-order valence-electron chi connectivity index (χ2n) is 3.75. The van der Waals surface area contributed by atoms with Gasteiger partial charge in [-0.05, 0) is 22.3 Å². The van der Waals surface area contributed by atoms with Crippen LogP contribution < -0.4 is 0 Å². The van der Waals surface area contributed by atoms with Crippen LogP contribution in [0.5, 0.6) is 0 Å². The molecule has 0 spiro atoms. The topological polar surface area (TPSA) is 12.5 Å². The minimum atomic E-state index is 0. The van der Waals surface area contributed by atoms with E-state index in [-0.39, 0.29) is 7.43 Å². The van der Waals surface area contributed by atoms with Gasteiger partial charge in [0.1, 0.15) is 12.2 Å². The number of fused-ring (bicyclic) bond motifs is 5. The van der Waals surface area contributed by atoms with Crippen molar-refractivity contribution < 1.29 is 4.74 Å². The number of epoxide rings is 1. The highest BCUT2D eigenvalue weighted by molar-refractivity contribution is 6.10. The van der Waals surface area contributed by atoms with E-state index in [0.717, 1.165) is 0 Å². The zero-order valence-electron chi connectivity index (χ0n) is 7.03. The minimum absolute atomic E-state index is 0. The normalized spacial score (nSPS) is 29.4. The van der Waals surface area contributed by atoms with Crippen molar-refractivity contribution in [1.82, 2.24) is 0 Å². The molecule has 3 aliphatic rings. The fourth-order valence-electron chi connectivity index (χ4n) is 2.36. The van der Waals surface area contributed by atoms with E-state index >= 15 is 0 Å². The molecule has 1 aromatic carbocycles. The van der Waals surface area contributed by atoms with Crippen molar-refractivity contribution in [3.63, 3.8) is 0 Å². The second-order valence-corrected chi connectivity index (χ2v) is 3.75. The summed E-state index contributed by atoms with van der Waals surface area (Å²) in [5, 5.41) is 0. The standard InChI is InChI=1S/C12H8O.CH4/c1-2-4-8-7(3-1)9-5-6-10-12(13-10)11(8)9;/h1-6,10,12H;1H4. The number of ether oxygens (including phenoxy) is 1. The zero-order valence-corrected chi connectivity index (χ0v) is 7.03. The van der Waals surface area contributed by atoms with Gasteiger partial charge in [0.05, 0.1) is 0 Å². The quantitative estimate of drug-likeness (QED) is 0.565. The predicted molar refractivity (Wildman–Crippen MR) is 57.8 cm³/mol. The smallest absolute Gasteiger partial charge is 0.114 e. The van der Waals surface area contributed by atoms with E-state index in [4.69, 9.17) is 4.74 Å². The summed E-state index contributed by atoms with van der Waals surface area (Å²) in [7, 11) is 0. The second kappa shape index (κ2) is 2.37. The molecule has 1 heteroatoms. The van der Waals surface area contributed by atoms with Crippen LogP contribution in [0.3, 0.4) is 0 Å². The lowest BCUT2D eigenvalue weighted by molar-refractivity contribution is 0.418. The molecular formula is C13H12O. The Morgan fingerprint density at radius 3 is 2.71 bits per heavy atom. The Kier molecular flexibility index (Phi) is 1.35. The summed E-state index contributed by atoms with van der Waals surface area (Å²) in [4.78, 5) is 0. The van der Waals surface area contributed by atoms with Crippen molar-refractivity contribution >= 4 is 11.1 Å². The maximum Gasteiger partial charge on any atom is 0.114 e. The molecule has 1 aliphatic heterocycles. The first kappa shape index (κ1) is 8.01. The van der Waals surface area contributed by atoms with E-state index in [1.54, 1.807) is 0 Å². The molecule has 70 valence electrons. The van der Waals surface area contributed by atoms with Crippen molar-refractivity contribution in [3.8, 4) is 0 Å². The van der Waals surface area contributed by atoms with Gasteiger partial charge in [-0.1, -0.05) is 43.8 Å². The largest absolute Gasteiger partial charge is 0.360 e. The lowest BCUT2D eigenvalue weighted by Crippen LogP contribution is -2.13. The summed E-state index contributed by atoms with van der Waals surface area (Å²) in [5.41, 5.74) is 5.62. The van der Waals surface area contributed by atoms with E-state index in [9.17, 15) is 0 Å². The molecule has 1 heterocycles. The predicted octanol–water partition coefficient (Wildman–Crippen LogP) is 2.88. The van der Waals surface area contributed by atoms with Crippen molar-refractivity contribution in [1.29, 1.82) is 0 Å². The molecule has 0 aromatic heterocycles. The maximum absolute atomic E-state index is 5.52. The van der Waals surface area contributed by atoms with Crippen LogP contribution in [0.15, 0.2) is 36.4 Å². The monoisotopic (exact) mass is 184 g/mol. The molecular weight excluding hydrogens is 172 g/mol. The number of allylic oxidation sites excluding steroid dienone is 2. The first-order valence-electron chi connectivity index (χ1n) is 4.63. The van der Waals surface area contributed by atoms with Crippen LogP contribution in [-0.4, -0.2) is 12.2 Å². The average molecular weight is 184 g/mol. The minimum Gasteiger partial charge on any atom is -0.360 e. The SMILES string of the molecule is C.C1=CC2OC2C2=C1c1ccccc12. The van der Waals surface area contributed by atoms with Crippen molar-refractivity contribution in [2.24, 2.45) is 0 Å². The molecule has 0 N–H and O–H groups in total. The average Bonchev–Trinajstić information content (AvgIpc) is 2.89. The molecule has 0 saturated carbocycles. The Labute approximate surface area is 83.7 Å². The molecule has 2 atom stereocenters. The van der Waals surface area contributed by atoms with Crippen LogP contribution in [-0.2, 0) is 4.74 Å². The number of rotatable bonds is 0. The fourth-order valence-corrected chi connectivity index (χ4v) is 2.36. The highest BCUT2D eigenvalue weighted by atomic mass is 16.6. The van der Waals surface area contributed by atoms with Gasteiger partial charge in [-0.25, -0.2) is 0 Å². The van der Waals surface area contributed by atoms with E-state index in [1.165, 1.54) is 22.3 Å². The van der Waals surface area contributed by atoms with Crippen LogP contribution in [0, 0.1) is 0 Å². The maximum atomic E-state index is 5.52. The van der Waals surface area contributed by atoms with E-state index in [0.29, 0.717) is 12.2 Å². The van der Waals surface area contributed by atoms with Gasteiger partial charge in [0.2, 0.25) is 0 Å². The van der Waals surface area contributed by atoms with Crippen molar-refractivity contribution in [3.05, 3.63) is 47.5 Å². The summed E-state index contributed by atoms with van der Waals surface area (Å²) in [5.74, 6) is 0. The Morgan fingerprint density at radius 1 is 1.07 bits per heavy atom. The molecule has 0 radical (unpaired) electrons. The van der Waals surface area contributed by atoms with Gasteiger partial charge in [0, 0.05) is 0 Å². The Balaban J connectivity index is 0.000000640. The molecule has 1 aromatic rings. The molecule has 1 nitrogen and oxygen atoms in total. The third-order valence-electron chi connectivity index (χ3n) is 3.06. The van der Waals surface area contributed by atoms with Gasteiger partial charge < -0.3 is 4.74 Å². The molecule has 2 aliphatic carbocycles. The highest BCUT2D eigenvalue weighted by Gasteiger charge is 2.47. The Morgan fingerprint density at radius 2 is 1.86 bits per heavy atom. The Bertz CT molecular complexity index is 468. The number of benzene rings is 1. The zero-order chi connectivity index (χ0) is 8.41. The van der Waals surface area contributed by atoms with Crippen molar-refractivity contribution in [2.75, 3.05) is 0 Å². The van der Waals surface area contributed by atoms with Crippen molar-refractivity contribution in [2.45, 2.75) is 19.6 Å². The van der Waals surface area contributed by atoms with Crippen LogP contribution in [0.25, 0.3) is 11.1 Å². The number of hydrogen-bond donors (Lipinski definition) is 0. The summed E-state index contributed by atoms with van der Waals surface area (Å²) >= 11 is 0. The fraction of sp³-hybridized carbons (Fsp3) is 0.231.